The second-order valence-corrected chi connectivity index (χ2v) is 4.59. The SMILES string of the molecule is CNc1ccccc1C1=CC(=O)c2ccccc2C1=O. The molecule has 1 aliphatic rings. The summed E-state index contributed by atoms with van der Waals surface area (Å²) in [5.74, 6) is -0.232. The molecular weight excluding hydrogens is 250 g/mol. The van der Waals surface area contributed by atoms with Crippen molar-refractivity contribution in [3.63, 3.8) is 0 Å². The van der Waals surface area contributed by atoms with Crippen molar-refractivity contribution in [3.8, 4) is 0 Å². The van der Waals surface area contributed by atoms with Gasteiger partial charge in [-0.1, -0.05) is 42.5 Å². The Hall–Kier alpha value is -2.68. The van der Waals surface area contributed by atoms with Crippen LogP contribution in [0.1, 0.15) is 26.3 Å². The maximum absolute atomic E-state index is 12.6. The average Bonchev–Trinajstić information content (AvgIpc) is 2.51. The number of anilines is 1. The molecule has 0 atom stereocenters. The van der Waals surface area contributed by atoms with Gasteiger partial charge in [0.25, 0.3) is 0 Å². The fourth-order valence-electron chi connectivity index (χ4n) is 2.45. The Balaban J connectivity index is 2.18. The first-order chi connectivity index (χ1) is 9.72. The van der Waals surface area contributed by atoms with E-state index in [1.165, 1.54) is 6.08 Å². The van der Waals surface area contributed by atoms with Gasteiger partial charge in [-0.15, -0.1) is 0 Å². The molecule has 2 aromatic rings. The van der Waals surface area contributed by atoms with Crippen molar-refractivity contribution < 1.29 is 9.59 Å². The third-order valence-electron chi connectivity index (χ3n) is 3.44. The zero-order valence-corrected chi connectivity index (χ0v) is 11.0. The second-order valence-electron chi connectivity index (χ2n) is 4.59. The van der Waals surface area contributed by atoms with E-state index in [-0.39, 0.29) is 11.6 Å². The number of fused-ring (bicyclic) bond motifs is 1. The summed E-state index contributed by atoms with van der Waals surface area (Å²) in [7, 11) is 1.79. The molecule has 2 aromatic carbocycles. The highest BCUT2D eigenvalue weighted by Crippen LogP contribution is 2.31. The first-order valence-electron chi connectivity index (χ1n) is 6.39. The molecule has 0 amide bonds. The molecule has 98 valence electrons. The Kier molecular flexibility index (Phi) is 2.95. The normalized spacial score (nSPS) is 13.8. The molecule has 0 radical (unpaired) electrons. The molecule has 3 nitrogen and oxygen atoms in total. The van der Waals surface area contributed by atoms with Crippen molar-refractivity contribution in [3.05, 3.63) is 71.3 Å². The summed E-state index contributed by atoms with van der Waals surface area (Å²) in [5.41, 5.74) is 2.98. The number of Topliss-reactive ketones (excluding diaryl/α,β-unsaturated/α-hetero) is 1. The summed E-state index contributed by atoms with van der Waals surface area (Å²) < 4.78 is 0. The summed E-state index contributed by atoms with van der Waals surface area (Å²) in [5, 5.41) is 3.05. The van der Waals surface area contributed by atoms with Crippen LogP contribution in [0.15, 0.2) is 54.6 Å². The number of hydrogen-bond acceptors (Lipinski definition) is 3. The van der Waals surface area contributed by atoms with Crippen molar-refractivity contribution in [2.45, 2.75) is 0 Å². The average molecular weight is 263 g/mol. The molecule has 0 heterocycles. The third-order valence-corrected chi connectivity index (χ3v) is 3.44. The van der Waals surface area contributed by atoms with E-state index in [1.54, 1.807) is 31.3 Å². The summed E-state index contributed by atoms with van der Waals surface area (Å²) in [6.45, 7) is 0. The lowest BCUT2D eigenvalue weighted by atomic mass is 9.86. The minimum absolute atomic E-state index is 0.108. The molecule has 1 aliphatic carbocycles. The molecular formula is C17H13NO2. The standard InChI is InChI=1S/C17H13NO2/c1-18-15-9-5-4-6-11(15)14-10-16(19)12-7-2-3-8-13(12)17(14)20/h2-10,18H,1H3. The molecule has 1 N–H and O–H groups in total. The van der Waals surface area contributed by atoms with Gasteiger partial charge in [0, 0.05) is 35.0 Å². The van der Waals surface area contributed by atoms with E-state index < -0.39 is 0 Å². The number of carbonyl (C=O) groups is 2. The number of allylic oxidation sites excluding steroid dienone is 2. The van der Waals surface area contributed by atoms with Gasteiger partial charge in [0.2, 0.25) is 0 Å². The first kappa shape index (κ1) is 12.4. The Labute approximate surface area is 116 Å². The van der Waals surface area contributed by atoms with Gasteiger partial charge in [-0.25, -0.2) is 0 Å². The third kappa shape index (κ3) is 1.84. The van der Waals surface area contributed by atoms with E-state index in [0.717, 1.165) is 11.3 Å². The Bertz CT molecular complexity index is 744. The Morgan fingerprint density at radius 1 is 0.800 bits per heavy atom. The maximum atomic E-state index is 12.6. The summed E-state index contributed by atoms with van der Waals surface area (Å²) in [6, 6.07) is 14.4. The van der Waals surface area contributed by atoms with Crippen LogP contribution in [0, 0.1) is 0 Å². The highest BCUT2D eigenvalue weighted by molar-refractivity contribution is 6.39. The van der Waals surface area contributed by atoms with E-state index in [4.69, 9.17) is 0 Å². The Morgan fingerprint density at radius 2 is 1.40 bits per heavy atom. The number of nitrogens with one attached hydrogen (secondary N) is 1. The summed E-state index contributed by atoms with van der Waals surface area (Å²) >= 11 is 0. The molecule has 3 rings (SSSR count). The number of para-hydroxylation sites is 1. The molecule has 0 aliphatic heterocycles. The first-order valence-corrected chi connectivity index (χ1v) is 6.39. The van der Waals surface area contributed by atoms with Crippen molar-refractivity contribution in [1.29, 1.82) is 0 Å². The molecule has 0 aromatic heterocycles. The van der Waals surface area contributed by atoms with E-state index in [9.17, 15) is 9.59 Å². The van der Waals surface area contributed by atoms with Crippen LogP contribution in [0.25, 0.3) is 5.57 Å². The quantitative estimate of drug-likeness (QED) is 0.905. The van der Waals surface area contributed by atoms with Crippen LogP contribution < -0.4 is 5.32 Å². The molecule has 0 saturated carbocycles. The van der Waals surface area contributed by atoms with Gasteiger partial charge in [-0.3, -0.25) is 9.59 Å². The molecule has 0 fully saturated rings. The van der Waals surface area contributed by atoms with Crippen molar-refractivity contribution >= 4 is 22.8 Å². The van der Waals surface area contributed by atoms with Crippen LogP contribution in [0.2, 0.25) is 0 Å². The van der Waals surface area contributed by atoms with Gasteiger partial charge in [0.05, 0.1) is 0 Å². The van der Waals surface area contributed by atoms with E-state index in [1.807, 2.05) is 24.3 Å². The molecule has 20 heavy (non-hydrogen) atoms. The van der Waals surface area contributed by atoms with Crippen LogP contribution in [-0.2, 0) is 0 Å². The Morgan fingerprint density at radius 3 is 2.10 bits per heavy atom. The monoisotopic (exact) mass is 263 g/mol. The summed E-state index contributed by atoms with van der Waals surface area (Å²) in [6.07, 6.45) is 1.43. The molecule has 3 heteroatoms. The predicted molar refractivity (Wildman–Crippen MR) is 79.1 cm³/mol. The van der Waals surface area contributed by atoms with Gasteiger partial charge in [0.1, 0.15) is 0 Å². The number of carbonyl (C=O) groups excluding carboxylic acids is 2. The minimum atomic E-state index is -0.124. The smallest absolute Gasteiger partial charge is 0.194 e. The predicted octanol–water partition coefficient (Wildman–Crippen LogP) is 3.19. The van der Waals surface area contributed by atoms with Gasteiger partial charge in [0.15, 0.2) is 11.6 Å². The van der Waals surface area contributed by atoms with Crippen LogP contribution in [-0.4, -0.2) is 18.6 Å². The maximum Gasteiger partial charge on any atom is 0.194 e. The van der Waals surface area contributed by atoms with E-state index in [2.05, 4.69) is 5.32 Å². The lowest BCUT2D eigenvalue weighted by Crippen LogP contribution is -2.16. The highest BCUT2D eigenvalue weighted by atomic mass is 16.1. The molecule has 0 bridgehead atoms. The minimum Gasteiger partial charge on any atom is -0.388 e. The van der Waals surface area contributed by atoms with Crippen LogP contribution in [0.5, 0.6) is 0 Å². The molecule has 0 unspecified atom stereocenters. The van der Waals surface area contributed by atoms with Crippen LogP contribution in [0.3, 0.4) is 0 Å². The van der Waals surface area contributed by atoms with E-state index >= 15 is 0 Å². The zero-order valence-electron chi connectivity index (χ0n) is 11.0. The van der Waals surface area contributed by atoms with Crippen molar-refractivity contribution in [2.24, 2.45) is 0 Å². The van der Waals surface area contributed by atoms with Crippen molar-refractivity contribution in [2.75, 3.05) is 12.4 Å². The largest absolute Gasteiger partial charge is 0.388 e. The van der Waals surface area contributed by atoms with Gasteiger partial charge < -0.3 is 5.32 Å². The van der Waals surface area contributed by atoms with Gasteiger partial charge >= 0.3 is 0 Å². The fraction of sp³-hybridized carbons (Fsp3) is 0.0588. The number of hydrogen-bond donors (Lipinski definition) is 1. The number of benzene rings is 2. The van der Waals surface area contributed by atoms with E-state index in [0.29, 0.717) is 16.7 Å². The molecule has 0 spiro atoms. The number of rotatable bonds is 2. The molecule has 0 saturated heterocycles. The van der Waals surface area contributed by atoms with Crippen LogP contribution >= 0.6 is 0 Å². The summed E-state index contributed by atoms with van der Waals surface area (Å²) in [4.78, 5) is 24.7. The fourth-order valence-corrected chi connectivity index (χ4v) is 2.45. The van der Waals surface area contributed by atoms with Crippen molar-refractivity contribution in [1.82, 2.24) is 0 Å². The lowest BCUT2D eigenvalue weighted by molar-refractivity contribution is 0.100. The van der Waals surface area contributed by atoms with Gasteiger partial charge in [-0.2, -0.15) is 0 Å². The lowest BCUT2D eigenvalue weighted by Gasteiger charge is -2.17. The zero-order chi connectivity index (χ0) is 14.1. The van der Waals surface area contributed by atoms with Gasteiger partial charge in [-0.05, 0) is 12.1 Å². The highest BCUT2D eigenvalue weighted by Gasteiger charge is 2.26. The second kappa shape index (κ2) is 4.78. The number of ketones is 2. The topological polar surface area (TPSA) is 46.2 Å². The van der Waals surface area contributed by atoms with Crippen LogP contribution in [0.4, 0.5) is 5.69 Å².